The van der Waals surface area contributed by atoms with Crippen LogP contribution in [0.5, 0.6) is 11.5 Å². The molecule has 0 unspecified atom stereocenters. The summed E-state index contributed by atoms with van der Waals surface area (Å²) in [6.45, 7) is 2.30. The Morgan fingerprint density at radius 2 is 1.84 bits per heavy atom. The van der Waals surface area contributed by atoms with Gasteiger partial charge in [0, 0.05) is 17.7 Å². The number of nitro benzene ring substituents is 1. The number of thiazole rings is 1. The molecule has 1 aromatic heterocycles. The van der Waals surface area contributed by atoms with Crippen LogP contribution in [-0.4, -0.2) is 40.4 Å². The quantitative estimate of drug-likeness (QED) is 0.113. The van der Waals surface area contributed by atoms with Crippen LogP contribution in [0.2, 0.25) is 0 Å². The number of anilines is 1. The zero-order valence-corrected chi connectivity index (χ0v) is 21.1. The molecule has 1 fully saturated rings. The van der Waals surface area contributed by atoms with Gasteiger partial charge in [0.2, 0.25) is 0 Å². The fraction of sp³-hybridized carbons (Fsp3) is 0.148. The molecule has 10 nitrogen and oxygen atoms in total. The first-order chi connectivity index (χ1) is 18.3. The van der Waals surface area contributed by atoms with E-state index in [0.29, 0.717) is 28.3 Å². The van der Waals surface area contributed by atoms with Gasteiger partial charge in [0.25, 0.3) is 11.5 Å². The summed E-state index contributed by atoms with van der Waals surface area (Å²) in [5.41, 5.74) is 0.732. The molecule has 0 spiro atoms. The number of ketones is 1. The first kappa shape index (κ1) is 24.9. The number of carbonyl (C=O) groups is 2. The number of rotatable bonds is 7. The molecular formula is C27H21N3O7S. The second-order valence-electron chi connectivity index (χ2n) is 8.31. The van der Waals surface area contributed by atoms with Crippen LogP contribution in [0, 0.1) is 10.1 Å². The Bertz CT molecular complexity index is 1610. The highest BCUT2D eigenvalue weighted by atomic mass is 32.1. The van der Waals surface area contributed by atoms with Crippen molar-refractivity contribution < 1.29 is 29.1 Å². The zero-order valence-electron chi connectivity index (χ0n) is 20.3. The van der Waals surface area contributed by atoms with Gasteiger partial charge in [-0.15, -0.1) is 0 Å². The van der Waals surface area contributed by atoms with E-state index in [1.165, 1.54) is 30.2 Å². The summed E-state index contributed by atoms with van der Waals surface area (Å²) in [6, 6.07) is 16.1. The number of benzene rings is 3. The lowest BCUT2D eigenvalue weighted by Crippen LogP contribution is -2.29. The van der Waals surface area contributed by atoms with Crippen molar-refractivity contribution in [1.82, 2.24) is 4.98 Å². The van der Waals surface area contributed by atoms with Gasteiger partial charge in [0.1, 0.15) is 17.3 Å². The van der Waals surface area contributed by atoms with E-state index in [9.17, 15) is 24.8 Å². The second kappa shape index (κ2) is 9.94. The van der Waals surface area contributed by atoms with Crippen molar-refractivity contribution in [2.24, 2.45) is 0 Å². The highest BCUT2D eigenvalue weighted by Gasteiger charge is 2.48. The Morgan fingerprint density at radius 1 is 1.11 bits per heavy atom. The molecule has 1 amide bonds. The number of ether oxygens (including phenoxy) is 2. The highest BCUT2D eigenvalue weighted by molar-refractivity contribution is 7.22. The summed E-state index contributed by atoms with van der Waals surface area (Å²) in [6.07, 6.45) is 0. The number of Topliss-reactive ketones (excluding diaryl/α,β-unsaturated/α-hetero) is 1. The van der Waals surface area contributed by atoms with Crippen LogP contribution < -0.4 is 14.4 Å². The van der Waals surface area contributed by atoms with E-state index in [1.807, 2.05) is 6.92 Å². The second-order valence-corrected chi connectivity index (χ2v) is 9.32. The molecule has 0 saturated carbocycles. The summed E-state index contributed by atoms with van der Waals surface area (Å²) in [7, 11) is 1.53. The average molecular weight is 532 g/mol. The Hall–Kier alpha value is -4.77. The van der Waals surface area contributed by atoms with Gasteiger partial charge in [-0.3, -0.25) is 24.6 Å². The smallest absolute Gasteiger partial charge is 0.301 e. The minimum absolute atomic E-state index is 0.198. The number of nitro groups is 1. The topological polar surface area (TPSA) is 132 Å². The number of aromatic nitrogens is 1. The number of aliphatic hydroxyl groups excluding tert-OH is 1. The lowest BCUT2D eigenvalue weighted by molar-refractivity contribution is -0.384. The van der Waals surface area contributed by atoms with E-state index < -0.39 is 28.4 Å². The van der Waals surface area contributed by atoms with Gasteiger partial charge in [-0.05, 0) is 55.0 Å². The number of amides is 1. The van der Waals surface area contributed by atoms with E-state index in [2.05, 4.69) is 4.98 Å². The van der Waals surface area contributed by atoms with Gasteiger partial charge in [0.15, 0.2) is 5.13 Å². The molecule has 5 rings (SSSR count). The molecular weight excluding hydrogens is 510 g/mol. The largest absolute Gasteiger partial charge is 0.507 e. The maximum absolute atomic E-state index is 13.4. The first-order valence-corrected chi connectivity index (χ1v) is 12.4. The van der Waals surface area contributed by atoms with Gasteiger partial charge in [-0.25, -0.2) is 4.98 Å². The molecule has 0 bridgehead atoms. The van der Waals surface area contributed by atoms with Crippen LogP contribution in [0.4, 0.5) is 10.8 Å². The fourth-order valence-corrected chi connectivity index (χ4v) is 5.33. The molecule has 11 heteroatoms. The van der Waals surface area contributed by atoms with Gasteiger partial charge in [0.05, 0.1) is 40.5 Å². The number of aliphatic hydroxyl groups is 1. The summed E-state index contributed by atoms with van der Waals surface area (Å²) in [5, 5.41) is 23.0. The van der Waals surface area contributed by atoms with Crippen molar-refractivity contribution in [3.8, 4) is 11.5 Å². The van der Waals surface area contributed by atoms with Gasteiger partial charge < -0.3 is 14.6 Å². The molecule has 1 N–H and O–H groups in total. The van der Waals surface area contributed by atoms with Crippen LogP contribution >= 0.6 is 11.3 Å². The molecule has 0 aliphatic carbocycles. The number of hydrogen-bond acceptors (Lipinski definition) is 9. The van der Waals surface area contributed by atoms with Crippen LogP contribution in [0.1, 0.15) is 24.1 Å². The molecule has 2 heterocycles. The Labute approximate surface area is 220 Å². The van der Waals surface area contributed by atoms with Crippen molar-refractivity contribution in [2.75, 3.05) is 18.6 Å². The standard InChI is InChI=1S/C27H21N3O7S/c1-3-37-18-9-7-15(8-10-18)24(31)22-23(16-5-4-6-17(13-16)30(34)35)29(26(33)25(22)32)27-28-20-12-11-19(36-2)14-21(20)38-27/h4-14,23,31H,3H2,1-2H3/b24-22+/t23-/m0/s1. The minimum atomic E-state index is -1.15. The molecule has 1 aliphatic rings. The van der Waals surface area contributed by atoms with Crippen LogP contribution in [0.25, 0.3) is 16.0 Å². The molecule has 192 valence electrons. The van der Waals surface area contributed by atoms with Crippen molar-refractivity contribution >= 4 is 49.8 Å². The van der Waals surface area contributed by atoms with E-state index in [-0.39, 0.29) is 27.5 Å². The van der Waals surface area contributed by atoms with Crippen LogP contribution in [-0.2, 0) is 9.59 Å². The molecule has 38 heavy (non-hydrogen) atoms. The summed E-state index contributed by atoms with van der Waals surface area (Å²) >= 11 is 1.16. The molecule has 0 radical (unpaired) electrons. The number of nitrogens with zero attached hydrogens (tertiary/aromatic N) is 3. The van der Waals surface area contributed by atoms with E-state index in [0.717, 1.165) is 11.3 Å². The monoisotopic (exact) mass is 531 g/mol. The maximum Gasteiger partial charge on any atom is 0.301 e. The predicted molar refractivity (Wildman–Crippen MR) is 142 cm³/mol. The summed E-state index contributed by atoms with van der Waals surface area (Å²) in [5.74, 6) is -1.07. The number of fused-ring (bicyclic) bond motifs is 1. The summed E-state index contributed by atoms with van der Waals surface area (Å²) < 4.78 is 11.4. The number of methoxy groups -OCH3 is 1. The molecule has 3 aromatic carbocycles. The Balaban J connectivity index is 1.70. The third-order valence-electron chi connectivity index (χ3n) is 6.07. The fourth-order valence-electron chi connectivity index (χ4n) is 4.31. The number of carbonyl (C=O) groups excluding carboxylic acids is 2. The van der Waals surface area contributed by atoms with Crippen molar-refractivity contribution in [1.29, 1.82) is 0 Å². The van der Waals surface area contributed by atoms with Crippen molar-refractivity contribution in [2.45, 2.75) is 13.0 Å². The average Bonchev–Trinajstić information content (AvgIpc) is 3.46. The van der Waals surface area contributed by atoms with Gasteiger partial charge >= 0.3 is 5.91 Å². The zero-order chi connectivity index (χ0) is 27.0. The molecule has 1 aliphatic heterocycles. The predicted octanol–water partition coefficient (Wildman–Crippen LogP) is 5.24. The Kier molecular flexibility index (Phi) is 6.52. The van der Waals surface area contributed by atoms with E-state index in [1.54, 1.807) is 48.5 Å². The van der Waals surface area contributed by atoms with Gasteiger partial charge in [-0.2, -0.15) is 0 Å². The SMILES string of the molecule is CCOc1ccc(/C(O)=C2\C(=O)C(=O)N(c3nc4ccc(OC)cc4s3)[C@H]2c2cccc([N+](=O)[O-])c2)cc1. The molecule has 4 aromatic rings. The molecule has 1 atom stereocenters. The van der Waals surface area contributed by atoms with Gasteiger partial charge in [-0.1, -0.05) is 23.5 Å². The minimum Gasteiger partial charge on any atom is -0.507 e. The number of hydrogen-bond donors (Lipinski definition) is 1. The lowest BCUT2D eigenvalue weighted by Gasteiger charge is -2.22. The Morgan fingerprint density at radius 3 is 2.53 bits per heavy atom. The van der Waals surface area contributed by atoms with Crippen molar-refractivity contribution in [3.05, 3.63) is 93.5 Å². The van der Waals surface area contributed by atoms with E-state index >= 15 is 0 Å². The third kappa shape index (κ3) is 4.33. The first-order valence-electron chi connectivity index (χ1n) is 11.6. The van der Waals surface area contributed by atoms with Crippen LogP contribution in [0.15, 0.2) is 72.3 Å². The van der Waals surface area contributed by atoms with Crippen molar-refractivity contribution in [3.63, 3.8) is 0 Å². The van der Waals surface area contributed by atoms with E-state index in [4.69, 9.17) is 9.47 Å². The molecule has 1 saturated heterocycles. The normalized spacial score (nSPS) is 16.7. The summed E-state index contributed by atoms with van der Waals surface area (Å²) in [4.78, 5) is 43.5. The maximum atomic E-state index is 13.4. The van der Waals surface area contributed by atoms with Crippen LogP contribution in [0.3, 0.4) is 0 Å². The number of non-ortho nitro benzene ring substituents is 1. The third-order valence-corrected chi connectivity index (χ3v) is 7.09. The lowest BCUT2D eigenvalue weighted by atomic mass is 9.95. The highest BCUT2D eigenvalue weighted by Crippen LogP contribution is 2.45.